The van der Waals surface area contributed by atoms with Gasteiger partial charge in [0.05, 0.1) is 19.8 Å². The van der Waals surface area contributed by atoms with Crippen molar-refractivity contribution in [1.29, 1.82) is 0 Å². The van der Waals surface area contributed by atoms with Gasteiger partial charge in [0.1, 0.15) is 0 Å². The number of unbranched alkanes of at least 4 members (excludes halogenated alkanes) is 5. The summed E-state index contributed by atoms with van der Waals surface area (Å²) in [6, 6.07) is 0. The molecule has 0 amide bonds. The van der Waals surface area contributed by atoms with Crippen molar-refractivity contribution in [2.75, 3.05) is 13.7 Å². The first-order valence-electron chi connectivity index (χ1n) is 7.15. The topological polar surface area (TPSA) is 72.8 Å². The van der Waals surface area contributed by atoms with E-state index in [1.807, 2.05) is 0 Å². The van der Waals surface area contributed by atoms with Gasteiger partial charge < -0.3 is 5.11 Å². The summed E-state index contributed by atoms with van der Waals surface area (Å²) in [6.07, 6.45) is 8.74. The fourth-order valence-corrected chi connectivity index (χ4v) is 2.29. The number of aliphatic hydroxyl groups excluding tert-OH is 1. The fourth-order valence-electron chi connectivity index (χ4n) is 1.88. The highest BCUT2D eigenvalue weighted by Crippen LogP contribution is 2.11. The lowest BCUT2D eigenvalue weighted by atomic mass is 10.0. The van der Waals surface area contributed by atoms with Gasteiger partial charge in [0, 0.05) is 0 Å². The molecule has 116 valence electrons. The predicted molar refractivity (Wildman–Crippen MR) is 75.1 cm³/mol. The van der Waals surface area contributed by atoms with E-state index in [0.717, 1.165) is 64.9 Å². The Kier molecular flexibility index (Phi) is 11.5. The van der Waals surface area contributed by atoms with E-state index in [0.29, 0.717) is 0 Å². The zero-order valence-electron chi connectivity index (χ0n) is 12.1. The molecule has 1 unspecified atom stereocenters. The quantitative estimate of drug-likeness (QED) is 0.529. The average Bonchev–Trinajstić information content (AvgIpc) is 2.37. The van der Waals surface area contributed by atoms with Crippen LogP contribution in [0, 0.1) is 0 Å². The Bertz CT molecular complexity index is 289. The molecule has 19 heavy (non-hydrogen) atoms. The second kappa shape index (κ2) is 11.6. The van der Waals surface area contributed by atoms with Gasteiger partial charge in [-0.15, -0.1) is 0 Å². The van der Waals surface area contributed by atoms with Crippen molar-refractivity contribution in [2.45, 2.75) is 70.8 Å². The first kappa shape index (κ1) is 18.8. The largest absolute Gasteiger partial charge is 0.399 e. The van der Waals surface area contributed by atoms with Gasteiger partial charge in [0.25, 0.3) is 0 Å². The predicted octanol–water partition coefficient (Wildman–Crippen LogP) is 2.79. The second-order valence-corrected chi connectivity index (χ2v) is 6.13. The molecule has 0 saturated carbocycles. The lowest BCUT2D eigenvalue weighted by Crippen LogP contribution is -2.08. The van der Waals surface area contributed by atoms with Crippen LogP contribution in [-0.4, -0.2) is 33.3 Å². The highest BCUT2D eigenvalue weighted by molar-refractivity contribution is 7.81. The lowest BCUT2D eigenvalue weighted by Gasteiger charge is -2.08. The Balaban J connectivity index is 3.24. The minimum absolute atomic E-state index is 0.141. The van der Waals surface area contributed by atoms with Gasteiger partial charge in [0.2, 0.25) is 0 Å². The number of aliphatic hydroxyl groups is 1. The highest BCUT2D eigenvalue weighted by Gasteiger charge is 2.07. The van der Waals surface area contributed by atoms with Gasteiger partial charge in [-0.1, -0.05) is 45.4 Å². The molecule has 0 aliphatic heterocycles. The van der Waals surface area contributed by atoms with E-state index in [2.05, 4.69) is 15.3 Å². The van der Waals surface area contributed by atoms with Gasteiger partial charge in [-0.2, -0.15) is 8.42 Å². The average molecular weight is 296 g/mol. The minimum Gasteiger partial charge on any atom is -0.393 e. The molecule has 0 saturated heterocycles. The monoisotopic (exact) mass is 296 g/mol. The van der Waals surface area contributed by atoms with Gasteiger partial charge in [-0.25, -0.2) is 4.18 Å². The molecule has 0 aliphatic rings. The SMILES string of the molecule is CCCC(O)CCCCCCCCOS(=O)(=O)OC. The molecule has 0 radical (unpaired) electrons. The van der Waals surface area contributed by atoms with E-state index < -0.39 is 10.4 Å². The fraction of sp³-hybridized carbons (Fsp3) is 1.00. The Morgan fingerprint density at radius 3 is 2.16 bits per heavy atom. The lowest BCUT2D eigenvalue weighted by molar-refractivity contribution is 0.150. The molecular formula is C13H28O5S. The summed E-state index contributed by atoms with van der Waals surface area (Å²) in [5.41, 5.74) is 0. The molecule has 0 aromatic heterocycles. The van der Waals surface area contributed by atoms with Crippen LogP contribution in [0.4, 0.5) is 0 Å². The third-order valence-electron chi connectivity index (χ3n) is 2.99. The van der Waals surface area contributed by atoms with Crippen molar-refractivity contribution >= 4 is 10.4 Å². The summed E-state index contributed by atoms with van der Waals surface area (Å²) in [4.78, 5) is 0. The zero-order valence-corrected chi connectivity index (χ0v) is 13.0. The van der Waals surface area contributed by atoms with Crippen LogP contribution >= 0.6 is 0 Å². The maximum absolute atomic E-state index is 10.8. The van der Waals surface area contributed by atoms with Crippen LogP contribution in [-0.2, 0) is 18.8 Å². The van der Waals surface area contributed by atoms with Crippen molar-refractivity contribution in [3.05, 3.63) is 0 Å². The summed E-state index contributed by atoms with van der Waals surface area (Å²) in [6.45, 7) is 2.26. The first-order chi connectivity index (χ1) is 9.02. The Labute approximate surface area is 117 Å². The van der Waals surface area contributed by atoms with Crippen LogP contribution in [0.25, 0.3) is 0 Å². The molecule has 0 fully saturated rings. The second-order valence-electron chi connectivity index (χ2n) is 4.75. The third kappa shape index (κ3) is 12.6. The number of hydrogen-bond donors (Lipinski definition) is 1. The summed E-state index contributed by atoms with van der Waals surface area (Å²) in [7, 11) is -2.68. The van der Waals surface area contributed by atoms with Crippen molar-refractivity contribution < 1.29 is 21.9 Å². The van der Waals surface area contributed by atoms with Crippen LogP contribution < -0.4 is 0 Å². The molecule has 0 aromatic rings. The Morgan fingerprint density at radius 1 is 1.00 bits per heavy atom. The molecule has 6 heteroatoms. The molecule has 0 heterocycles. The van der Waals surface area contributed by atoms with Crippen LogP contribution in [0.15, 0.2) is 0 Å². The van der Waals surface area contributed by atoms with Gasteiger partial charge >= 0.3 is 10.4 Å². The first-order valence-corrected chi connectivity index (χ1v) is 8.48. The van der Waals surface area contributed by atoms with E-state index in [-0.39, 0.29) is 12.7 Å². The van der Waals surface area contributed by atoms with Gasteiger partial charge in [-0.3, -0.25) is 4.18 Å². The van der Waals surface area contributed by atoms with E-state index in [1.54, 1.807) is 0 Å². The van der Waals surface area contributed by atoms with E-state index in [9.17, 15) is 13.5 Å². The van der Waals surface area contributed by atoms with Gasteiger partial charge in [-0.05, 0) is 19.3 Å². The molecule has 0 rings (SSSR count). The normalized spacial score (nSPS) is 13.6. The van der Waals surface area contributed by atoms with E-state index >= 15 is 0 Å². The molecule has 1 atom stereocenters. The zero-order chi connectivity index (χ0) is 14.6. The van der Waals surface area contributed by atoms with Crippen molar-refractivity contribution in [3.8, 4) is 0 Å². The van der Waals surface area contributed by atoms with Crippen LogP contribution in [0.2, 0.25) is 0 Å². The summed E-state index contributed by atoms with van der Waals surface area (Å²) < 4.78 is 30.4. The smallest absolute Gasteiger partial charge is 0.393 e. The summed E-state index contributed by atoms with van der Waals surface area (Å²) >= 11 is 0. The molecule has 0 spiro atoms. The van der Waals surface area contributed by atoms with Crippen LogP contribution in [0.5, 0.6) is 0 Å². The van der Waals surface area contributed by atoms with Gasteiger partial charge in [0.15, 0.2) is 0 Å². The van der Waals surface area contributed by atoms with Crippen LogP contribution in [0.1, 0.15) is 64.7 Å². The third-order valence-corrected chi connectivity index (χ3v) is 3.85. The van der Waals surface area contributed by atoms with Crippen molar-refractivity contribution in [2.24, 2.45) is 0 Å². The molecule has 1 N–H and O–H groups in total. The highest BCUT2D eigenvalue weighted by atomic mass is 32.3. The maximum Gasteiger partial charge on any atom is 0.399 e. The number of rotatable bonds is 13. The van der Waals surface area contributed by atoms with E-state index in [4.69, 9.17) is 0 Å². The maximum atomic E-state index is 10.8. The standard InChI is InChI=1S/C13H28O5S/c1-3-10-13(14)11-8-6-4-5-7-9-12-18-19(15,16)17-2/h13-14H,3-12H2,1-2H3. The Hall–Kier alpha value is -0.170. The van der Waals surface area contributed by atoms with Crippen molar-refractivity contribution in [3.63, 3.8) is 0 Å². The van der Waals surface area contributed by atoms with Crippen molar-refractivity contribution in [1.82, 2.24) is 0 Å². The molecule has 5 nitrogen and oxygen atoms in total. The van der Waals surface area contributed by atoms with E-state index in [1.165, 1.54) is 0 Å². The Morgan fingerprint density at radius 2 is 1.58 bits per heavy atom. The molecular weight excluding hydrogens is 268 g/mol. The molecule has 0 bridgehead atoms. The molecule has 0 aromatic carbocycles. The van der Waals surface area contributed by atoms with Crippen LogP contribution in [0.3, 0.4) is 0 Å². The number of hydrogen-bond acceptors (Lipinski definition) is 5. The summed E-state index contributed by atoms with van der Waals surface area (Å²) in [5, 5.41) is 9.54. The summed E-state index contributed by atoms with van der Waals surface area (Å²) in [5.74, 6) is 0. The molecule has 0 aliphatic carbocycles. The minimum atomic E-state index is -3.76.